The van der Waals surface area contributed by atoms with Gasteiger partial charge in [0.25, 0.3) is 0 Å². The summed E-state index contributed by atoms with van der Waals surface area (Å²) < 4.78 is 0. The van der Waals surface area contributed by atoms with E-state index in [-0.39, 0.29) is 16.6 Å². The van der Waals surface area contributed by atoms with Gasteiger partial charge in [-0.3, -0.25) is 9.78 Å². The molecule has 0 aromatic carbocycles. The molecule has 0 N–H and O–H groups in total. The minimum Gasteiger partial charge on any atom is -0.289 e. The van der Waals surface area contributed by atoms with E-state index >= 15 is 0 Å². The molecule has 1 heterocycles. The average Bonchev–Trinajstić information content (AvgIpc) is 2.39. The summed E-state index contributed by atoms with van der Waals surface area (Å²) in [6.07, 6.45) is 7.82. The number of rotatable bonds is 1. The molecule has 1 aromatic heterocycles. The van der Waals surface area contributed by atoms with Gasteiger partial charge in [0.1, 0.15) is 0 Å². The van der Waals surface area contributed by atoms with Crippen molar-refractivity contribution < 1.29 is 4.79 Å². The summed E-state index contributed by atoms with van der Waals surface area (Å²) in [5.41, 5.74) is 3.31. The van der Waals surface area contributed by atoms with Crippen LogP contribution in [0, 0.1) is 10.8 Å². The van der Waals surface area contributed by atoms with Gasteiger partial charge in [0.15, 0.2) is 5.78 Å². The highest BCUT2D eigenvalue weighted by Crippen LogP contribution is 2.39. The molecule has 22 heavy (non-hydrogen) atoms. The lowest BCUT2D eigenvalue weighted by Gasteiger charge is -2.31. The van der Waals surface area contributed by atoms with Crippen molar-refractivity contribution in [1.29, 1.82) is 0 Å². The van der Waals surface area contributed by atoms with Crippen LogP contribution >= 0.6 is 0 Å². The molecule has 2 heteroatoms. The van der Waals surface area contributed by atoms with E-state index in [1.807, 2.05) is 36.4 Å². The number of hydrogen-bond donors (Lipinski definition) is 0. The number of carbonyl (C=O) groups is 1. The van der Waals surface area contributed by atoms with Crippen LogP contribution in [0.25, 0.3) is 6.08 Å². The molecule has 0 spiro atoms. The fraction of sp³-hybridized carbons (Fsp3) is 0.400. The molecular weight excluding hydrogens is 270 g/mol. The van der Waals surface area contributed by atoms with Gasteiger partial charge in [0.2, 0.25) is 0 Å². The van der Waals surface area contributed by atoms with E-state index in [9.17, 15) is 4.79 Å². The number of carbonyl (C=O) groups excluding carboxylic acids is 1. The lowest BCUT2D eigenvalue weighted by Crippen LogP contribution is -2.27. The van der Waals surface area contributed by atoms with E-state index < -0.39 is 0 Å². The summed E-state index contributed by atoms with van der Waals surface area (Å²) >= 11 is 0. The molecule has 0 atom stereocenters. The predicted molar refractivity (Wildman–Crippen MR) is 92.3 cm³/mol. The topological polar surface area (TPSA) is 30.0 Å². The maximum absolute atomic E-state index is 12.8. The number of allylic oxidation sites excluding steroid dienone is 5. The van der Waals surface area contributed by atoms with Crippen molar-refractivity contribution in [3.8, 4) is 0 Å². The number of Topliss-reactive ketones (excluding diaryl/α,β-unsaturated/α-hetero) is 1. The summed E-state index contributed by atoms with van der Waals surface area (Å²) in [6.45, 7) is 12.5. The predicted octanol–water partition coefficient (Wildman–Crippen LogP) is 4.99. The van der Waals surface area contributed by atoms with Gasteiger partial charge in [-0.2, -0.15) is 0 Å². The van der Waals surface area contributed by atoms with Gasteiger partial charge < -0.3 is 0 Å². The Morgan fingerprint density at radius 3 is 1.86 bits per heavy atom. The van der Waals surface area contributed by atoms with Crippen molar-refractivity contribution in [3.05, 3.63) is 59.0 Å². The van der Waals surface area contributed by atoms with Crippen molar-refractivity contribution in [2.24, 2.45) is 10.8 Å². The van der Waals surface area contributed by atoms with Gasteiger partial charge in [-0.05, 0) is 46.8 Å². The molecule has 0 bridgehead atoms. The third-order valence-corrected chi connectivity index (χ3v) is 3.73. The fourth-order valence-electron chi connectivity index (χ4n) is 2.48. The van der Waals surface area contributed by atoms with E-state index in [1.165, 1.54) is 0 Å². The quantitative estimate of drug-likeness (QED) is 0.730. The minimum atomic E-state index is -0.176. The monoisotopic (exact) mass is 295 g/mol. The number of hydrogen-bond acceptors (Lipinski definition) is 2. The molecule has 1 aromatic rings. The molecule has 116 valence electrons. The minimum absolute atomic E-state index is 0.165. The van der Waals surface area contributed by atoms with Crippen LogP contribution in [0.15, 0.2) is 53.3 Å². The van der Waals surface area contributed by atoms with Crippen molar-refractivity contribution in [3.63, 3.8) is 0 Å². The zero-order valence-electron chi connectivity index (χ0n) is 14.4. The van der Waals surface area contributed by atoms with Crippen molar-refractivity contribution >= 4 is 11.9 Å². The Morgan fingerprint density at radius 1 is 0.909 bits per heavy atom. The zero-order valence-corrected chi connectivity index (χ0v) is 14.4. The smallest absolute Gasteiger partial charge is 0.186 e. The highest BCUT2D eigenvalue weighted by Gasteiger charge is 2.33. The zero-order chi connectivity index (χ0) is 16.5. The molecule has 0 amide bonds. The molecule has 2 rings (SSSR count). The highest BCUT2D eigenvalue weighted by molar-refractivity contribution is 6.12. The Bertz CT molecular complexity index is 626. The first kappa shape index (κ1) is 16.4. The Morgan fingerprint density at radius 2 is 1.45 bits per heavy atom. The number of pyridine rings is 1. The molecule has 2 nitrogen and oxygen atoms in total. The second-order valence-corrected chi connectivity index (χ2v) is 7.84. The van der Waals surface area contributed by atoms with Crippen LogP contribution in [0.4, 0.5) is 0 Å². The van der Waals surface area contributed by atoms with E-state index in [4.69, 9.17) is 0 Å². The van der Waals surface area contributed by atoms with Crippen molar-refractivity contribution in [2.75, 3.05) is 0 Å². The molecule has 0 radical (unpaired) electrons. The van der Waals surface area contributed by atoms with Gasteiger partial charge in [-0.25, -0.2) is 0 Å². The van der Waals surface area contributed by atoms with Gasteiger partial charge in [-0.15, -0.1) is 0 Å². The third-order valence-electron chi connectivity index (χ3n) is 3.73. The maximum Gasteiger partial charge on any atom is 0.186 e. The van der Waals surface area contributed by atoms with E-state index in [1.54, 1.807) is 6.20 Å². The Kier molecular flexibility index (Phi) is 4.23. The first-order chi connectivity index (χ1) is 10.1. The molecule has 0 aliphatic heterocycles. The average molecular weight is 295 g/mol. The molecule has 1 aliphatic rings. The van der Waals surface area contributed by atoms with E-state index in [0.717, 1.165) is 22.4 Å². The Balaban J connectivity index is 2.56. The molecule has 1 aliphatic carbocycles. The van der Waals surface area contributed by atoms with Gasteiger partial charge in [-0.1, -0.05) is 47.6 Å². The largest absolute Gasteiger partial charge is 0.289 e. The number of nitrogens with zero attached hydrogens (tertiary/aromatic N) is 1. The van der Waals surface area contributed by atoms with Crippen LogP contribution in [0.5, 0.6) is 0 Å². The van der Waals surface area contributed by atoms with E-state index in [2.05, 4.69) is 46.5 Å². The van der Waals surface area contributed by atoms with Crippen LogP contribution in [-0.4, -0.2) is 10.8 Å². The Labute approximate surface area is 133 Å². The maximum atomic E-state index is 12.8. The third kappa shape index (κ3) is 3.62. The normalized spacial score (nSPS) is 16.3. The lowest BCUT2D eigenvalue weighted by atomic mass is 9.72. The van der Waals surface area contributed by atoms with Crippen molar-refractivity contribution in [2.45, 2.75) is 41.5 Å². The lowest BCUT2D eigenvalue weighted by molar-refractivity contribution is -0.114. The van der Waals surface area contributed by atoms with E-state index in [0.29, 0.717) is 0 Å². The summed E-state index contributed by atoms with van der Waals surface area (Å²) in [6, 6.07) is 5.84. The van der Waals surface area contributed by atoms with Crippen molar-refractivity contribution in [1.82, 2.24) is 4.98 Å². The van der Waals surface area contributed by atoms with Gasteiger partial charge in [0, 0.05) is 17.3 Å². The SMILES string of the molecule is CC(C)(C)C1=CC(=Cc2ccccn2)C=C(C(C)(C)C)C1=O. The molecule has 0 unspecified atom stereocenters. The van der Waals surface area contributed by atoms with Crippen LogP contribution < -0.4 is 0 Å². The second-order valence-electron chi connectivity index (χ2n) is 7.84. The molecule has 0 saturated heterocycles. The van der Waals surface area contributed by atoms with Gasteiger partial charge in [0.05, 0.1) is 5.69 Å². The highest BCUT2D eigenvalue weighted by atomic mass is 16.1. The van der Waals surface area contributed by atoms with Crippen LogP contribution in [-0.2, 0) is 4.79 Å². The summed E-state index contributed by atoms with van der Waals surface area (Å²) in [5.74, 6) is 0.165. The fourth-order valence-corrected chi connectivity index (χ4v) is 2.48. The number of aromatic nitrogens is 1. The molecular formula is C20H25NO. The summed E-state index contributed by atoms with van der Waals surface area (Å²) in [4.78, 5) is 17.2. The summed E-state index contributed by atoms with van der Waals surface area (Å²) in [7, 11) is 0. The van der Waals surface area contributed by atoms with Gasteiger partial charge >= 0.3 is 0 Å². The molecule has 0 saturated carbocycles. The first-order valence-corrected chi connectivity index (χ1v) is 7.71. The first-order valence-electron chi connectivity index (χ1n) is 7.71. The van der Waals surface area contributed by atoms with Crippen LogP contribution in [0.1, 0.15) is 47.2 Å². The van der Waals surface area contributed by atoms with Crippen LogP contribution in [0.2, 0.25) is 0 Å². The second kappa shape index (κ2) is 5.68. The van der Waals surface area contributed by atoms with Crippen LogP contribution in [0.3, 0.4) is 0 Å². The Hall–Kier alpha value is -1.96. The standard InChI is InChI=1S/C20H25NO/c1-19(2,3)16-12-14(11-15-9-7-8-10-21-15)13-17(18(16)22)20(4,5)6/h7-13H,1-6H3. The summed E-state index contributed by atoms with van der Waals surface area (Å²) in [5, 5.41) is 0. The molecule has 0 fully saturated rings. The number of ketones is 1.